The summed E-state index contributed by atoms with van der Waals surface area (Å²) in [6.07, 6.45) is 0.871. The topological polar surface area (TPSA) is 137 Å². The minimum Gasteiger partial charge on any atom is -0.484 e. The Kier molecular flexibility index (Phi) is 11.0. The van der Waals surface area contributed by atoms with E-state index in [2.05, 4.69) is 10.6 Å². The molecule has 3 aromatic carbocycles. The van der Waals surface area contributed by atoms with E-state index in [0.29, 0.717) is 35.3 Å². The van der Waals surface area contributed by atoms with Gasteiger partial charge in [0.05, 0.1) is 10.0 Å². The Morgan fingerprint density at radius 3 is 2.11 bits per heavy atom. The van der Waals surface area contributed by atoms with E-state index >= 15 is 0 Å². The van der Waals surface area contributed by atoms with Crippen LogP contribution in [0.3, 0.4) is 0 Å². The molecule has 0 spiro atoms. The van der Waals surface area contributed by atoms with Crippen LogP contribution in [0.1, 0.15) is 28.7 Å². The Bertz CT molecular complexity index is 1250. The quantitative estimate of drug-likeness (QED) is 0.256. The molecule has 0 fully saturated rings. The summed E-state index contributed by atoms with van der Waals surface area (Å²) in [6, 6.07) is 18.9. The maximum absolute atomic E-state index is 13.1. The first-order valence-corrected chi connectivity index (χ1v) is 12.8. The van der Waals surface area contributed by atoms with Crippen molar-refractivity contribution in [2.75, 3.05) is 6.61 Å². The highest BCUT2D eigenvalue weighted by Crippen LogP contribution is 2.23. The van der Waals surface area contributed by atoms with Crippen LogP contribution in [0.2, 0.25) is 10.0 Å². The van der Waals surface area contributed by atoms with Gasteiger partial charge in [0.2, 0.25) is 11.8 Å². The summed E-state index contributed by atoms with van der Waals surface area (Å²) in [6.45, 7) is 0.544. The molecule has 1 atom stereocenters. The standard InChI is InChI=1S/C28H30Cl2N4O4/c29-23-11-7-21(13-24(23)30)14-25(28(37)33-16-20-3-1-19(15-31)2-4-20)34-27(36)12-8-18-5-9-22(10-6-18)38-17-26(32)35/h1-7,9-11,13,25H,8,12,14-17,31H2,(H2,32,35)(H,33,37)(H,34,36)/t25-/m0/s1. The van der Waals surface area contributed by atoms with Gasteiger partial charge >= 0.3 is 0 Å². The fraction of sp³-hybridized carbons (Fsp3) is 0.250. The summed E-state index contributed by atoms with van der Waals surface area (Å²) in [5.74, 6) is -0.641. The Balaban J connectivity index is 1.61. The molecule has 0 heterocycles. The zero-order valence-corrected chi connectivity index (χ0v) is 22.2. The molecule has 3 rings (SSSR count). The first kappa shape index (κ1) is 29.0. The molecular weight excluding hydrogens is 527 g/mol. The number of nitrogens with two attached hydrogens (primary N) is 2. The predicted octanol–water partition coefficient (Wildman–Crippen LogP) is 3.29. The van der Waals surface area contributed by atoms with Crippen LogP contribution in [0, 0.1) is 0 Å². The predicted molar refractivity (Wildman–Crippen MR) is 148 cm³/mol. The number of halogens is 2. The summed E-state index contributed by atoms with van der Waals surface area (Å²) >= 11 is 12.2. The molecule has 0 saturated heterocycles. The lowest BCUT2D eigenvalue weighted by Crippen LogP contribution is -2.47. The summed E-state index contributed by atoms with van der Waals surface area (Å²) in [7, 11) is 0. The first-order chi connectivity index (χ1) is 18.2. The minimum absolute atomic E-state index is 0.174. The number of primary amides is 1. The van der Waals surface area contributed by atoms with E-state index < -0.39 is 11.9 Å². The Morgan fingerprint density at radius 2 is 1.47 bits per heavy atom. The lowest BCUT2D eigenvalue weighted by molar-refractivity contribution is -0.129. The Morgan fingerprint density at radius 1 is 0.842 bits per heavy atom. The molecule has 8 nitrogen and oxygen atoms in total. The highest BCUT2D eigenvalue weighted by atomic mass is 35.5. The smallest absolute Gasteiger partial charge is 0.255 e. The monoisotopic (exact) mass is 556 g/mol. The maximum Gasteiger partial charge on any atom is 0.255 e. The Labute approximate surface area is 231 Å². The number of carbonyl (C=O) groups excluding carboxylic acids is 3. The molecule has 0 unspecified atom stereocenters. The first-order valence-electron chi connectivity index (χ1n) is 12.0. The molecule has 6 N–H and O–H groups in total. The van der Waals surface area contributed by atoms with Crippen LogP contribution >= 0.6 is 23.2 Å². The molecule has 0 aliphatic carbocycles. The van der Waals surface area contributed by atoms with E-state index in [1.807, 2.05) is 24.3 Å². The number of amides is 3. The lowest BCUT2D eigenvalue weighted by atomic mass is 10.0. The summed E-state index contributed by atoms with van der Waals surface area (Å²) in [5, 5.41) is 6.53. The fourth-order valence-electron chi connectivity index (χ4n) is 3.65. The van der Waals surface area contributed by atoms with Crippen LogP contribution in [-0.4, -0.2) is 30.4 Å². The van der Waals surface area contributed by atoms with Crippen molar-refractivity contribution in [2.45, 2.75) is 38.4 Å². The number of ether oxygens (including phenoxy) is 1. The van der Waals surface area contributed by atoms with Crippen LogP contribution in [-0.2, 0) is 40.3 Å². The van der Waals surface area contributed by atoms with E-state index in [0.717, 1.165) is 22.3 Å². The number of rotatable bonds is 13. The van der Waals surface area contributed by atoms with Gasteiger partial charge in [-0.15, -0.1) is 0 Å². The number of nitrogens with one attached hydrogen (secondary N) is 2. The molecule has 0 aromatic heterocycles. The van der Waals surface area contributed by atoms with Crippen LogP contribution < -0.4 is 26.8 Å². The van der Waals surface area contributed by atoms with Gasteiger partial charge in [-0.05, 0) is 52.9 Å². The number of carbonyl (C=O) groups is 3. The van der Waals surface area contributed by atoms with Gasteiger partial charge in [0.1, 0.15) is 11.8 Å². The fourth-order valence-corrected chi connectivity index (χ4v) is 3.97. The zero-order chi connectivity index (χ0) is 27.5. The van der Waals surface area contributed by atoms with Crippen molar-refractivity contribution in [1.82, 2.24) is 10.6 Å². The average Bonchev–Trinajstić information content (AvgIpc) is 2.91. The molecule has 0 aliphatic heterocycles. The van der Waals surface area contributed by atoms with Gasteiger partial charge < -0.3 is 26.8 Å². The second-order valence-corrected chi connectivity index (χ2v) is 9.52. The third kappa shape index (κ3) is 9.37. The van der Waals surface area contributed by atoms with Gasteiger partial charge in [-0.25, -0.2) is 0 Å². The van der Waals surface area contributed by atoms with Crippen LogP contribution in [0.15, 0.2) is 66.7 Å². The van der Waals surface area contributed by atoms with Crippen molar-refractivity contribution in [2.24, 2.45) is 11.5 Å². The maximum atomic E-state index is 13.1. The highest BCUT2D eigenvalue weighted by Gasteiger charge is 2.21. The molecule has 3 amide bonds. The molecule has 10 heteroatoms. The van der Waals surface area contributed by atoms with Crippen molar-refractivity contribution in [1.29, 1.82) is 0 Å². The molecule has 38 heavy (non-hydrogen) atoms. The van der Waals surface area contributed by atoms with Crippen LogP contribution in [0.25, 0.3) is 0 Å². The number of benzene rings is 3. The zero-order valence-electron chi connectivity index (χ0n) is 20.7. The molecule has 0 radical (unpaired) electrons. The van der Waals surface area contributed by atoms with Crippen molar-refractivity contribution in [3.8, 4) is 5.75 Å². The number of aryl methyl sites for hydroxylation is 1. The van der Waals surface area contributed by atoms with Gasteiger partial charge in [-0.1, -0.05) is 65.7 Å². The van der Waals surface area contributed by atoms with Gasteiger partial charge in [-0.3, -0.25) is 14.4 Å². The van der Waals surface area contributed by atoms with E-state index in [1.165, 1.54) is 0 Å². The largest absolute Gasteiger partial charge is 0.484 e. The number of hydrogen-bond acceptors (Lipinski definition) is 5. The third-order valence-corrected chi connectivity index (χ3v) is 6.49. The highest BCUT2D eigenvalue weighted by molar-refractivity contribution is 6.42. The van der Waals surface area contributed by atoms with Crippen molar-refractivity contribution in [3.63, 3.8) is 0 Å². The molecular formula is C28H30Cl2N4O4. The lowest BCUT2D eigenvalue weighted by Gasteiger charge is -2.19. The van der Waals surface area contributed by atoms with E-state index in [4.69, 9.17) is 39.4 Å². The minimum atomic E-state index is -0.812. The van der Waals surface area contributed by atoms with E-state index in [1.54, 1.807) is 42.5 Å². The second-order valence-electron chi connectivity index (χ2n) is 8.71. The third-order valence-electron chi connectivity index (χ3n) is 5.75. The number of hydrogen-bond donors (Lipinski definition) is 4. The Hall–Kier alpha value is -3.59. The van der Waals surface area contributed by atoms with Crippen molar-refractivity contribution >= 4 is 40.9 Å². The van der Waals surface area contributed by atoms with Gasteiger partial charge in [-0.2, -0.15) is 0 Å². The van der Waals surface area contributed by atoms with E-state index in [9.17, 15) is 14.4 Å². The van der Waals surface area contributed by atoms with Gasteiger partial charge in [0.25, 0.3) is 5.91 Å². The molecule has 0 aliphatic rings. The van der Waals surface area contributed by atoms with Crippen molar-refractivity contribution < 1.29 is 19.1 Å². The summed E-state index contributed by atoms with van der Waals surface area (Å²) < 4.78 is 5.24. The van der Waals surface area contributed by atoms with Gasteiger partial charge in [0.15, 0.2) is 6.61 Å². The summed E-state index contributed by atoms with van der Waals surface area (Å²) in [5.41, 5.74) is 14.3. The average molecular weight is 557 g/mol. The summed E-state index contributed by atoms with van der Waals surface area (Å²) in [4.78, 5) is 36.8. The molecule has 200 valence electrons. The molecule has 0 saturated carbocycles. The van der Waals surface area contributed by atoms with Gasteiger partial charge in [0, 0.05) is 25.9 Å². The SMILES string of the molecule is NCc1ccc(CNC(=O)[C@H](Cc2ccc(Cl)c(Cl)c2)NC(=O)CCc2ccc(OCC(N)=O)cc2)cc1. The van der Waals surface area contributed by atoms with Crippen LogP contribution in [0.5, 0.6) is 5.75 Å². The van der Waals surface area contributed by atoms with Crippen LogP contribution in [0.4, 0.5) is 0 Å². The molecule has 3 aromatic rings. The molecule has 0 bridgehead atoms. The second kappa shape index (κ2) is 14.4. The van der Waals surface area contributed by atoms with Crippen molar-refractivity contribution in [3.05, 3.63) is 99.0 Å². The van der Waals surface area contributed by atoms with E-state index in [-0.39, 0.29) is 31.3 Å². The normalized spacial score (nSPS) is 11.4.